The Bertz CT molecular complexity index is 936. The second-order valence-electron chi connectivity index (χ2n) is 6.62. The van der Waals surface area contributed by atoms with Crippen LogP contribution in [0.5, 0.6) is 0 Å². The van der Waals surface area contributed by atoms with Gasteiger partial charge in [0.25, 0.3) is 0 Å². The van der Waals surface area contributed by atoms with E-state index in [1.54, 1.807) is 11.3 Å². The van der Waals surface area contributed by atoms with E-state index >= 15 is 0 Å². The summed E-state index contributed by atoms with van der Waals surface area (Å²) in [5, 5.41) is 14.8. The number of thiophene rings is 1. The molecule has 1 aliphatic rings. The van der Waals surface area contributed by atoms with E-state index in [0.717, 1.165) is 36.3 Å². The van der Waals surface area contributed by atoms with E-state index in [1.165, 1.54) is 11.3 Å². The molecule has 3 aromatic rings. The lowest BCUT2D eigenvalue weighted by molar-refractivity contribution is -0.121. The van der Waals surface area contributed by atoms with Gasteiger partial charge >= 0.3 is 0 Å². The number of hydrogen-bond acceptors (Lipinski definition) is 7. The van der Waals surface area contributed by atoms with Gasteiger partial charge in [0.1, 0.15) is 5.82 Å². The molecular formula is C19H21N5O2S. The molecule has 1 amide bonds. The van der Waals surface area contributed by atoms with Gasteiger partial charge in [-0.1, -0.05) is 0 Å². The number of aryl methyl sites for hydroxylation is 3. The highest BCUT2D eigenvalue weighted by Crippen LogP contribution is 2.22. The largest absolute Gasteiger partial charge is 0.421 e. The molecule has 8 heteroatoms. The van der Waals surface area contributed by atoms with Crippen LogP contribution in [0.15, 0.2) is 21.2 Å². The average Bonchev–Trinajstić information content (AvgIpc) is 3.40. The van der Waals surface area contributed by atoms with Crippen LogP contribution in [0.1, 0.15) is 41.5 Å². The first kappa shape index (κ1) is 17.8. The maximum absolute atomic E-state index is 12.1. The van der Waals surface area contributed by atoms with Crippen molar-refractivity contribution in [2.45, 2.75) is 45.4 Å². The molecule has 0 atom stereocenters. The molecule has 0 spiro atoms. The second kappa shape index (κ2) is 7.96. The summed E-state index contributed by atoms with van der Waals surface area (Å²) >= 11 is 1.57. The first-order valence-corrected chi connectivity index (χ1v) is 10.1. The predicted octanol–water partition coefficient (Wildman–Crippen LogP) is 2.68. The Morgan fingerprint density at radius 3 is 3.04 bits per heavy atom. The summed E-state index contributed by atoms with van der Waals surface area (Å²) in [4.78, 5) is 21.3. The number of amides is 1. The Hall–Kier alpha value is -2.61. The van der Waals surface area contributed by atoms with Crippen LogP contribution in [-0.2, 0) is 30.5 Å². The molecular weight excluding hydrogens is 362 g/mol. The van der Waals surface area contributed by atoms with E-state index in [1.807, 2.05) is 23.8 Å². The number of hydrogen-bond donors (Lipinski definition) is 1. The summed E-state index contributed by atoms with van der Waals surface area (Å²) < 4.78 is 5.59. The van der Waals surface area contributed by atoms with Gasteiger partial charge in [-0.15, -0.1) is 10.2 Å². The molecule has 0 bridgehead atoms. The summed E-state index contributed by atoms with van der Waals surface area (Å²) in [6.07, 6.45) is 4.67. The first-order chi connectivity index (χ1) is 13.2. The minimum absolute atomic E-state index is 0.0387. The van der Waals surface area contributed by atoms with Crippen LogP contribution in [0.3, 0.4) is 0 Å². The molecule has 3 aromatic heterocycles. The van der Waals surface area contributed by atoms with Gasteiger partial charge in [0.15, 0.2) is 0 Å². The lowest BCUT2D eigenvalue weighted by atomic mass is 10.2. The number of fused-ring (bicyclic) bond motifs is 1. The molecule has 0 aliphatic heterocycles. The van der Waals surface area contributed by atoms with Crippen molar-refractivity contribution in [2.75, 3.05) is 6.54 Å². The van der Waals surface area contributed by atoms with Gasteiger partial charge in [0.05, 0.1) is 0 Å². The molecule has 1 N–H and O–H groups in total. The quantitative estimate of drug-likeness (QED) is 0.674. The number of nitrogens with one attached hydrogen (secondary N) is 1. The molecule has 0 aromatic carbocycles. The van der Waals surface area contributed by atoms with Gasteiger partial charge in [-0.05, 0) is 43.2 Å². The number of carbonyl (C=O) groups is 1. The van der Waals surface area contributed by atoms with Gasteiger partial charge in [-0.25, -0.2) is 9.97 Å². The Morgan fingerprint density at radius 2 is 2.19 bits per heavy atom. The summed E-state index contributed by atoms with van der Waals surface area (Å²) in [5.74, 6) is 1.74. The fraction of sp³-hybridized carbons (Fsp3) is 0.421. The van der Waals surface area contributed by atoms with Crippen molar-refractivity contribution < 1.29 is 9.21 Å². The average molecular weight is 383 g/mol. The summed E-state index contributed by atoms with van der Waals surface area (Å²) in [6, 6.07) is 1.93. The molecule has 3 heterocycles. The van der Waals surface area contributed by atoms with Crippen LogP contribution in [0.25, 0.3) is 11.5 Å². The first-order valence-electron chi connectivity index (χ1n) is 9.16. The standard InChI is InChI=1S/C19H21N5O2S/c1-12-14-3-2-4-15(14)22-16(21-12)7-9-20-17(25)5-6-18-23-24-19(26-18)13-8-10-27-11-13/h8,10-11H,2-7,9H2,1H3,(H,20,25). The smallest absolute Gasteiger partial charge is 0.248 e. The number of nitrogens with zero attached hydrogens (tertiary/aromatic N) is 4. The number of carbonyl (C=O) groups excluding carboxylic acids is 1. The van der Waals surface area contributed by atoms with Crippen LogP contribution >= 0.6 is 11.3 Å². The van der Waals surface area contributed by atoms with Crippen molar-refractivity contribution in [3.8, 4) is 11.5 Å². The molecule has 0 radical (unpaired) electrons. The Labute approximate surface area is 161 Å². The van der Waals surface area contributed by atoms with Crippen LogP contribution < -0.4 is 5.32 Å². The highest BCUT2D eigenvalue weighted by atomic mass is 32.1. The maximum atomic E-state index is 12.1. The van der Waals surface area contributed by atoms with Gasteiger partial charge in [-0.2, -0.15) is 11.3 Å². The zero-order chi connectivity index (χ0) is 18.6. The molecule has 140 valence electrons. The minimum atomic E-state index is -0.0387. The molecule has 0 fully saturated rings. The topological polar surface area (TPSA) is 93.8 Å². The normalized spacial score (nSPS) is 12.9. The third-order valence-corrected chi connectivity index (χ3v) is 5.34. The number of rotatable bonds is 7. The summed E-state index contributed by atoms with van der Waals surface area (Å²) in [7, 11) is 0. The van der Waals surface area contributed by atoms with Crippen molar-refractivity contribution >= 4 is 17.2 Å². The highest BCUT2D eigenvalue weighted by Gasteiger charge is 2.17. The van der Waals surface area contributed by atoms with Crippen molar-refractivity contribution in [2.24, 2.45) is 0 Å². The minimum Gasteiger partial charge on any atom is -0.421 e. The molecule has 0 saturated carbocycles. The summed E-state index contributed by atoms with van der Waals surface area (Å²) in [6.45, 7) is 2.57. The molecule has 27 heavy (non-hydrogen) atoms. The molecule has 0 saturated heterocycles. The van der Waals surface area contributed by atoms with Crippen LogP contribution in [0.2, 0.25) is 0 Å². The Morgan fingerprint density at radius 1 is 1.26 bits per heavy atom. The lowest BCUT2D eigenvalue weighted by Crippen LogP contribution is -2.26. The zero-order valence-electron chi connectivity index (χ0n) is 15.2. The molecule has 1 aliphatic carbocycles. The SMILES string of the molecule is Cc1nc(CCNC(=O)CCc2nnc(-c3ccsc3)o2)nc2c1CCC2. The van der Waals surface area contributed by atoms with Crippen molar-refractivity contribution in [3.05, 3.63) is 45.5 Å². The summed E-state index contributed by atoms with van der Waals surface area (Å²) in [5.41, 5.74) is 4.48. The van der Waals surface area contributed by atoms with E-state index in [0.29, 0.717) is 37.6 Å². The molecule has 0 unspecified atom stereocenters. The van der Waals surface area contributed by atoms with Crippen molar-refractivity contribution in [1.82, 2.24) is 25.5 Å². The molecule has 4 rings (SSSR count). The van der Waals surface area contributed by atoms with E-state index in [-0.39, 0.29) is 5.91 Å². The fourth-order valence-electron chi connectivity index (χ4n) is 3.27. The lowest BCUT2D eigenvalue weighted by Gasteiger charge is -2.07. The highest BCUT2D eigenvalue weighted by molar-refractivity contribution is 7.08. The van der Waals surface area contributed by atoms with E-state index in [4.69, 9.17) is 4.42 Å². The van der Waals surface area contributed by atoms with Crippen LogP contribution in [0, 0.1) is 6.92 Å². The fourth-order valence-corrected chi connectivity index (χ4v) is 3.90. The Balaban J connectivity index is 1.23. The third kappa shape index (κ3) is 4.21. The zero-order valence-corrected chi connectivity index (χ0v) is 16.0. The van der Waals surface area contributed by atoms with Crippen LogP contribution in [-0.4, -0.2) is 32.6 Å². The van der Waals surface area contributed by atoms with Crippen molar-refractivity contribution in [1.29, 1.82) is 0 Å². The second-order valence-corrected chi connectivity index (χ2v) is 7.40. The third-order valence-electron chi connectivity index (χ3n) is 4.66. The van der Waals surface area contributed by atoms with Crippen molar-refractivity contribution in [3.63, 3.8) is 0 Å². The van der Waals surface area contributed by atoms with Crippen LogP contribution in [0.4, 0.5) is 0 Å². The Kier molecular flexibility index (Phi) is 5.24. The van der Waals surface area contributed by atoms with E-state index < -0.39 is 0 Å². The van der Waals surface area contributed by atoms with E-state index in [9.17, 15) is 4.79 Å². The van der Waals surface area contributed by atoms with Gasteiger partial charge in [0, 0.05) is 48.1 Å². The number of aromatic nitrogens is 4. The predicted molar refractivity (Wildman–Crippen MR) is 101 cm³/mol. The maximum Gasteiger partial charge on any atom is 0.248 e. The molecule has 7 nitrogen and oxygen atoms in total. The monoisotopic (exact) mass is 383 g/mol. The van der Waals surface area contributed by atoms with Gasteiger partial charge in [-0.3, -0.25) is 4.79 Å². The van der Waals surface area contributed by atoms with Gasteiger partial charge in [0.2, 0.25) is 17.7 Å². The van der Waals surface area contributed by atoms with Gasteiger partial charge < -0.3 is 9.73 Å². The van der Waals surface area contributed by atoms with E-state index in [2.05, 4.69) is 25.5 Å².